The first-order valence-corrected chi connectivity index (χ1v) is 8.94. The zero-order valence-corrected chi connectivity index (χ0v) is 13.5. The van der Waals surface area contributed by atoms with Gasteiger partial charge < -0.3 is 4.90 Å². The van der Waals surface area contributed by atoms with Crippen LogP contribution in [-0.2, 0) is 16.4 Å². The Bertz CT molecular complexity index is 754. The summed E-state index contributed by atoms with van der Waals surface area (Å²) in [5, 5.41) is 0. The van der Waals surface area contributed by atoms with Gasteiger partial charge in [0.15, 0.2) is 9.84 Å². The molecule has 0 aliphatic heterocycles. The summed E-state index contributed by atoms with van der Waals surface area (Å²) >= 11 is 0. The molecule has 4 nitrogen and oxygen atoms in total. The first kappa shape index (κ1) is 16.2. The first-order chi connectivity index (χ1) is 10.4. The van der Waals surface area contributed by atoms with Crippen molar-refractivity contribution in [3.05, 3.63) is 65.7 Å². The van der Waals surface area contributed by atoms with Gasteiger partial charge in [0.25, 0.3) is 5.91 Å². The van der Waals surface area contributed by atoms with Crippen LogP contribution in [0, 0.1) is 0 Å². The number of benzene rings is 2. The smallest absolute Gasteiger partial charge is 0.254 e. The fourth-order valence-electron chi connectivity index (χ4n) is 2.17. The van der Waals surface area contributed by atoms with Crippen LogP contribution in [0.5, 0.6) is 0 Å². The molecule has 0 aliphatic rings. The van der Waals surface area contributed by atoms with Crippen LogP contribution in [0.2, 0.25) is 0 Å². The van der Waals surface area contributed by atoms with Crippen molar-refractivity contribution >= 4 is 15.7 Å². The minimum Gasteiger partial charge on any atom is -0.335 e. The molecule has 0 spiro atoms. The molecular weight excluding hydrogens is 298 g/mol. The summed E-state index contributed by atoms with van der Waals surface area (Å²) in [6.07, 6.45) is 1.14. The molecule has 0 atom stereocenters. The average Bonchev–Trinajstić information content (AvgIpc) is 2.52. The fourth-order valence-corrected chi connectivity index (χ4v) is 2.84. The Morgan fingerprint density at radius 1 is 1.05 bits per heavy atom. The highest BCUT2D eigenvalue weighted by Crippen LogP contribution is 2.15. The molecule has 116 valence electrons. The maximum Gasteiger partial charge on any atom is 0.254 e. The Hall–Kier alpha value is -2.14. The van der Waals surface area contributed by atoms with Crippen molar-refractivity contribution in [1.29, 1.82) is 0 Å². The number of sulfone groups is 1. The standard InChI is InChI=1S/C17H19NO3S/c1-3-18(13-14-8-5-4-6-9-14)17(19)15-10-7-11-16(12-15)22(2,20)21/h4-12H,3,13H2,1-2H3. The lowest BCUT2D eigenvalue weighted by atomic mass is 10.1. The Balaban J connectivity index is 2.25. The van der Waals surface area contributed by atoms with E-state index in [0.29, 0.717) is 18.7 Å². The van der Waals surface area contributed by atoms with E-state index in [9.17, 15) is 13.2 Å². The highest BCUT2D eigenvalue weighted by atomic mass is 32.2. The summed E-state index contributed by atoms with van der Waals surface area (Å²) in [5.74, 6) is -0.170. The zero-order chi connectivity index (χ0) is 16.2. The van der Waals surface area contributed by atoms with Gasteiger partial charge in [-0.1, -0.05) is 36.4 Å². The summed E-state index contributed by atoms with van der Waals surface area (Å²) in [5.41, 5.74) is 1.43. The molecule has 22 heavy (non-hydrogen) atoms. The monoisotopic (exact) mass is 317 g/mol. The van der Waals surface area contributed by atoms with Crippen LogP contribution in [0.15, 0.2) is 59.5 Å². The van der Waals surface area contributed by atoms with Gasteiger partial charge in [-0.15, -0.1) is 0 Å². The SMILES string of the molecule is CCN(Cc1ccccc1)C(=O)c1cccc(S(C)(=O)=O)c1. The second kappa shape index (κ2) is 6.75. The minimum absolute atomic E-state index is 0.161. The molecular formula is C17H19NO3S. The van der Waals surface area contributed by atoms with Crippen molar-refractivity contribution in [2.45, 2.75) is 18.4 Å². The lowest BCUT2D eigenvalue weighted by Gasteiger charge is -2.21. The van der Waals surface area contributed by atoms with E-state index in [0.717, 1.165) is 11.8 Å². The van der Waals surface area contributed by atoms with Crippen molar-refractivity contribution < 1.29 is 13.2 Å². The summed E-state index contributed by atoms with van der Waals surface area (Å²) in [7, 11) is -3.32. The number of nitrogens with zero attached hydrogens (tertiary/aromatic N) is 1. The van der Waals surface area contributed by atoms with E-state index in [1.54, 1.807) is 17.0 Å². The second-order valence-electron chi connectivity index (χ2n) is 5.10. The molecule has 2 aromatic carbocycles. The molecule has 0 saturated carbocycles. The number of amides is 1. The van der Waals surface area contributed by atoms with E-state index in [-0.39, 0.29) is 10.8 Å². The largest absolute Gasteiger partial charge is 0.335 e. The third-order valence-corrected chi connectivity index (χ3v) is 4.50. The van der Waals surface area contributed by atoms with Crippen molar-refractivity contribution in [3.8, 4) is 0 Å². The summed E-state index contributed by atoms with van der Waals surface area (Å²) in [6, 6.07) is 15.9. The van der Waals surface area contributed by atoms with Gasteiger partial charge in [-0.3, -0.25) is 4.79 Å². The zero-order valence-electron chi connectivity index (χ0n) is 12.7. The molecule has 0 aliphatic carbocycles. The molecule has 2 rings (SSSR count). The molecule has 0 heterocycles. The van der Waals surface area contributed by atoms with Gasteiger partial charge in [0.2, 0.25) is 0 Å². The normalized spacial score (nSPS) is 11.2. The molecule has 0 N–H and O–H groups in total. The van der Waals surface area contributed by atoms with Crippen LogP contribution in [0.25, 0.3) is 0 Å². The summed E-state index contributed by atoms with van der Waals surface area (Å²) < 4.78 is 23.2. The molecule has 0 bridgehead atoms. The van der Waals surface area contributed by atoms with E-state index in [1.807, 2.05) is 37.3 Å². The molecule has 0 fully saturated rings. The van der Waals surface area contributed by atoms with Gasteiger partial charge in [0.1, 0.15) is 0 Å². The Labute approximate surface area is 131 Å². The van der Waals surface area contributed by atoms with Gasteiger partial charge in [-0.2, -0.15) is 0 Å². The Kier molecular flexibility index (Phi) is 4.98. The number of rotatable bonds is 5. The van der Waals surface area contributed by atoms with E-state index >= 15 is 0 Å². The maximum atomic E-state index is 12.6. The Morgan fingerprint density at radius 3 is 2.32 bits per heavy atom. The first-order valence-electron chi connectivity index (χ1n) is 7.05. The van der Waals surface area contributed by atoms with Gasteiger partial charge in [0.05, 0.1) is 4.90 Å². The van der Waals surface area contributed by atoms with Crippen LogP contribution in [0.3, 0.4) is 0 Å². The van der Waals surface area contributed by atoms with Crippen LogP contribution in [0.1, 0.15) is 22.8 Å². The van der Waals surface area contributed by atoms with E-state index in [2.05, 4.69) is 0 Å². The molecule has 0 unspecified atom stereocenters. The van der Waals surface area contributed by atoms with Crippen molar-refractivity contribution in [2.75, 3.05) is 12.8 Å². The number of hydrogen-bond donors (Lipinski definition) is 0. The van der Waals surface area contributed by atoms with Crippen LogP contribution < -0.4 is 0 Å². The Morgan fingerprint density at radius 2 is 1.73 bits per heavy atom. The van der Waals surface area contributed by atoms with E-state index in [1.165, 1.54) is 12.1 Å². The predicted octanol–water partition coefficient (Wildman–Crippen LogP) is 2.75. The second-order valence-corrected chi connectivity index (χ2v) is 7.12. The van der Waals surface area contributed by atoms with Gasteiger partial charge >= 0.3 is 0 Å². The van der Waals surface area contributed by atoms with Crippen molar-refractivity contribution in [2.24, 2.45) is 0 Å². The molecule has 0 radical (unpaired) electrons. The quantitative estimate of drug-likeness (QED) is 0.852. The number of carbonyl (C=O) groups is 1. The molecule has 0 aromatic heterocycles. The third-order valence-electron chi connectivity index (χ3n) is 3.39. The highest BCUT2D eigenvalue weighted by Gasteiger charge is 2.16. The van der Waals surface area contributed by atoms with Gasteiger partial charge in [0, 0.05) is 24.9 Å². The third kappa shape index (κ3) is 3.95. The lowest BCUT2D eigenvalue weighted by Crippen LogP contribution is -2.30. The maximum absolute atomic E-state index is 12.6. The van der Waals surface area contributed by atoms with Crippen molar-refractivity contribution in [1.82, 2.24) is 4.90 Å². The van der Waals surface area contributed by atoms with Gasteiger partial charge in [-0.25, -0.2) is 8.42 Å². The summed E-state index contributed by atoms with van der Waals surface area (Å²) in [6.45, 7) is 2.96. The van der Waals surface area contributed by atoms with E-state index < -0.39 is 9.84 Å². The molecule has 1 amide bonds. The van der Waals surface area contributed by atoms with E-state index in [4.69, 9.17) is 0 Å². The highest BCUT2D eigenvalue weighted by molar-refractivity contribution is 7.90. The lowest BCUT2D eigenvalue weighted by molar-refractivity contribution is 0.0752. The topological polar surface area (TPSA) is 54.5 Å². The number of carbonyl (C=O) groups excluding carboxylic acids is 1. The van der Waals surface area contributed by atoms with Crippen LogP contribution >= 0.6 is 0 Å². The average molecular weight is 317 g/mol. The van der Waals surface area contributed by atoms with Crippen LogP contribution in [-0.4, -0.2) is 32.0 Å². The predicted molar refractivity (Wildman–Crippen MR) is 86.4 cm³/mol. The van der Waals surface area contributed by atoms with Gasteiger partial charge in [-0.05, 0) is 30.7 Å². The number of hydrogen-bond acceptors (Lipinski definition) is 3. The summed E-state index contributed by atoms with van der Waals surface area (Å²) in [4.78, 5) is 14.4. The molecule has 2 aromatic rings. The minimum atomic E-state index is -3.32. The fraction of sp³-hybridized carbons (Fsp3) is 0.235. The molecule has 0 saturated heterocycles. The van der Waals surface area contributed by atoms with Crippen LogP contribution in [0.4, 0.5) is 0 Å². The molecule has 5 heteroatoms. The van der Waals surface area contributed by atoms with Crippen molar-refractivity contribution in [3.63, 3.8) is 0 Å².